The summed E-state index contributed by atoms with van der Waals surface area (Å²) in [4.78, 5) is 16.4. The average Bonchev–Trinajstić information content (AvgIpc) is 3.04. The predicted molar refractivity (Wildman–Crippen MR) is 94.6 cm³/mol. The maximum atomic E-state index is 11.9. The molecule has 3 rings (SSSR count). The lowest BCUT2D eigenvalue weighted by molar-refractivity contribution is 0.251. The number of aromatic nitrogens is 1. The summed E-state index contributed by atoms with van der Waals surface area (Å²) in [5.41, 5.74) is 4.17. The maximum absolute atomic E-state index is 11.9. The van der Waals surface area contributed by atoms with Gasteiger partial charge in [-0.25, -0.2) is 9.78 Å². The van der Waals surface area contributed by atoms with E-state index in [1.807, 2.05) is 66.9 Å². The van der Waals surface area contributed by atoms with Crippen molar-refractivity contribution in [3.8, 4) is 11.3 Å². The molecule has 1 heterocycles. The Morgan fingerprint density at radius 3 is 2.57 bits per heavy atom. The van der Waals surface area contributed by atoms with Crippen LogP contribution in [0.2, 0.25) is 0 Å². The van der Waals surface area contributed by atoms with Crippen molar-refractivity contribution in [3.05, 3.63) is 71.1 Å². The molecular formula is C18H17N3OS. The molecule has 0 aliphatic heterocycles. The van der Waals surface area contributed by atoms with Gasteiger partial charge < -0.3 is 5.32 Å². The highest BCUT2D eigenvalue weighted by molar-refractivity contribution is 7.14. The summed E-state index contributed by atoms with van der Waals surface area (Å²) in [6.45, 7) is 2.53. The van der Waals surface area contributed by atoms with Gasteiger partial charge in [-0.1, -0.05) is 60.2 Å². The predicted octanol–water partition coefficient (Wildman–Crippen LogP) is 4.44. The smallest absolute Gasteiger partial charge is 0.321 e. The zero-order valence-electron chi connectivity index (χ0n) is 12.7. The first kappa shape index (κ1) is 15.2. The number of benzene rings is 2. The third-order valence-corrected chi connectivity index (χ3v) is 4.13. The monoisotopic (exact) mass is 323 g/mol. The van der Waals surface area contributed by atoms with Gasteiger partial charge in [0.1, 0.15) is 0 Å². The minimum absolute atomic E-state index is 0.250. The van der Waals surface area contributed by atoms with Crippen LogP contribution in [-0.4, -0.2) is 11.0 Å². The molecule has 3 aromatic rings. The van der Waals surface area contributed by atoms with Crippen molar-refractivity contribution < 1.29 is 4.79 Å². The lowest BCUT2D eigenvalue weighted by Gasteiger charge is -2.05. The Morgan fingerprint density at radius 1 is 1.09 bits per heavy atom. The van der Waals surface area contributed by atoms with Gasteiger partial charge in [-0.05, 0) is 12.5 Å². The van der Waals surface area contributed by atoms with Crippen molar-refractivity contribution in [2.75, 3.05) is 5.32 Å². The zero-order valence-corrected chi connectivity index (χ0v) is 13.6. The summed E-state index contributed by atoms with van der Waals surface area (Å²) in [6.07, 6.45) is 0. The van der Waals surface area contributed by atoms with E-state index in [-0.39, 0.29) is 6.03 Å². The summed E-state index contributed by atoms with van der Waals surface area (Å²) in [7, 11) is 0. The first-order valence-electron chi connectivity index (χ1n) is 7.32. The topological polar surface area (TPSA) is 54.0 Å². The van der Waals surface area contributed by atoms with E-state index in [0.717, 1.165) is 16.8 Å². The molecule has 2 aromatic carbocycles. The van der Waals surface area contributed by atoms with Gasteiger partial charge in [0.15, 0.2) is 5.13 Å². The Labute approximate surface area is 139 Å². The molecule has 0 saturated heterocycles. The van der Waals surface area contributed by atoms with Gasteiger partial charge in [-0.3, -0.25) is 5.32 Å². The minimum atomic E-state index is -0.250. The molecule has 23 heavy (non-hydrogen) atoms. The molecule has 0 bridgehead atoms. The molecule has 0 spiro atoms. The molecule has 4 nitrogen and oxygen atoms in total. The second kappa shape index (κ2) is 7.07. The summed E-state index contributed by atoms with van der Waals surface area (Å²) >= 11 is 1.41. The molecule has 2 amide bonds. The van der Waals surface area contributed by atoms with Gasteiger partial charge in [-0.15, -0.1) is 11.3 Å². The fourth-order valence-corrected chi connectivity index (χ4v) is 2.82. The number of carbonyl (C=O) groups excluding carboxylic acids is 1. The summed E-state index contributed by atoms with van der Waals surface area (Å²) in [5, 5.41) is 8.13. The van der Waals surface area contributed by atoms with Crippen LogP contribution in [0, 0.1) is 6.92 Å². The first-order chi connectivity index (χ1) is 11.2. The molecule has 0 radical (unpaired) electrons. The number of nitrogens with one attached hydrogen (secondary N) is 2. The van der Waals surface area contributed by atoms with Crippen molar-refractivity contribution in [2.24, 2.45) is 0 Å². The fourth-order valence-electron chi connectivity index (χ4n) is 2.10. The lowest BCUT2D eigenvalue weighted by Crippen LogP contribution is -2.28. The molecule has 5 heteroatoms. The van der Waals surface area contributed by atoms with E-state index in [9.17, 15) is 4.79 Å². The molecule has 0 aliphatic rings. The van der Waals surface area contributed by atoms with Crippen LogP contribution >= 0.6 is 11.3 Å². The summed E-state index contributed by atoms with van der Waals surface area (Å²) in [6, 6.07) is 17.7. The van der Waals surface area contributed by atoms with Crippen LogP contribution in [0.25, 0.3) is 11.3 Å². The van der Waals surface area contributed by atoms with Crippen LogP contribution < -0.4 is 10.6 Å². The Morgan fingerprint density at radius 2 is 1.83 bits per heavy atom. The lowest BCUT2D eigenvalue weighted by atomic mass is 10.1. The molecule has 0 fully saturated rings. The van der Waals surface area contributed by atoms with E-state index in [2.05, 4.69) is 15.6 Å². The van der Waals surface area contributed by atoms with Gasteiger partial charge in [0.05, 0.1) is 5.69 Å². The molecule has 0 unspecified atom stereocenters. The number of hydrogen-bond acceptors (Lipinski definition) is 3. The Balaban J connectivity index is 1.56. The third kappa shape index (κ3) is 4.17. The van der Waals surface area contributed by atoms with Crippen molar-refractivity contribution >= 4 is 22.5 Å². The number of aryl methyl sites for hydroxylation is 1. The van der Waals surface area contributed by atoms with E-state index in [1.165, 1.54) is 16.9 Å². The van der Waals surface area contributed by atoms with Crippen molar-refractivity contribution in [1.82, 2.24) is 10.3 Å². The van der Waals surface area contributed by atoms with E-state index in [1.54, 1.807) is 0 Å². The number of rotatable bonds is 4. The molecular weight excluding hydrogens is 306 g/mol. The number of anilines is 1. The Kier molecular flexibility index (Phi) is 4.68. The van der Waals surface area contributed by atoms with Gasteiger partial charge >= 0.3 is 6.03 Å². The Hall–Kier alpha value is -2.66. The molecule has 2 N–H and O–H groups in total. The van der Waals surface area contributed by atoms with Gasteiger partial charge in [0.25, 0.3) is 0 Å². The second-order valence-corrected chi connectivity index (χ2v) is 6.06. The third-order valence-electron chi connectivity index (χ3n) is 3.37. The van der Waals surface area contributed by atoms with Gasteiger partial charge in [0.2, 0.25) is 0 Å². The summed E-state index contributed by atoms with van der Waals surface area (Å²) < 4.78 is 0. The minimum Gasteiger partial charge on any atom is -0.334 e. The SMILES string of the molecule is Cc1ccc(CNC(=O)Nc2nc(-c3ccccc3)cs2)cc1. The van der Waals surface area contributed by atoms with Gasteiger partial charge in [-0.2, -0.15) is 0 Å². The van der Waals surface area contributed by atoms with Gasteiger partial charge in [0, 0.05) is 17.5 Å². The number of carbonyl (C=O) groups is 1. The van der Waals surface area contributed by atoms with Crippen LogP contribution in [0.3, 0.4) is 0 Å². The van der Waals surface area contributed by atoms with Crippen LogP contribution in [0.15, 0.2) is 60.0 Å². The molecule has 0 saturated carbocycles. The maximum Gasteiger partial charge on any atom is 0.321 e. The highest BCUT2D eigenvalue weighted by Gasteiger charge is 2.07. The molecule has 1 aromatic heterocycles. The molecule has 0 atom stereocenters. The number of urea groups is 1. The number of hydrogen-bond donors (Lipinski definition) is 2. The Bertz CT molecular complexity index is 782. The standard InChI is InChI=1S/C18H17N3OS/c1-13-7-9-14(10-8-13)11-19-17(22)21-18-20-16(12-23-18)15-5-3-2-4-6-15/h2-10,12H,11H2,1H3,(H2,19,20,21,22). The number of nitrogens with zero attached hydrogens (tertiary/aromatic N) is 1. The number of thiazole rings is 1. The normalized spacial score (nSPS) is 10.3. The number of amides is 2. The first-order valence-corrected chi connectivity index (χ1v) is 8.20. The van der Waals surface area contributed by atoms with Crippen LogP contribution in [0.4, 0.5) is 9.93 Å². The van der Waals surface area contributed by atoms with Crippen molar-refractivity contribution in [2.45, 2.75) is 13.5 Å². The van der Waals surface area contributed by atoms with E-state index in [4.69, 9.17) is 0 Å². The summed E-state index contributed by atoms with van der Waals surface area (Å²) in [5.74, 6) is 0. The molecule has 0 aliphatic carbocycles. The largest absolute Gasteiger partial charge is 0.334 e. The zero-order chi connectivity index (χ0) is 16.1. The highest BCUT2D eigenvalue weighted by atomic mass is 32.1. The fraction of sp³-hybridized carbons (Fsp3) is 0.111. The molecule has 116 valence electrons. The second-order valence-electron chi connectivity index (χ2n) is 5.20. The van der Waals surface area contributed by atoms with Crippen molar-refractivity contribution in [3.63, 3.8) is 0 Å². The van der Waals surface area contributed by atoms with Crippen molar-refractivity contribution in [1.29, 1.82) is 0 Å². The quantitative estimate of drug-likeness (QED) is 0.746. The highest BCUT2D eigenvalue weighted by Crippen LogP contribution is 2.24. The van der Waals surface area contributed by atoms with E-state index in [0.29, 0.717) is 11.7 Å². The van der Waals surface area contributed by atoms with E-state index >= 15 is 0 Å². The van der Waals surface area contributed by atoms with Crippen LogP contribution in [-0.2, 0) is 6.54 Å². The van der Waals surface area contributed by atoms with Crippen LogP contribution in [0.1, 0.15) is 11.1 Å². The average molecular weight is 323 g/mol. The van der Waals surface area contributed by atoms with E-state index < -0.39 is 0 Å². The van der Waals surface area contributed by atoms with Crippen LogP contribution in [0.5, 0.6) is 0 Å².